The molecule has 0 spiro atoms. The molecule has 2 aromatic carbocycles. The van der Waals surface area contributed by atoms with E-state index < -0.39 is 0 Å². The minimum atomic E-state index is 0.841. The summed E-state index contributed by atoms with van der Waals surface area (Å²) in [7, 11) is 0. The van der Waals surface area contributed by atoms with E-state index in [1.54, 1.807) is 6.20 Å². The Morgan fingerprint density at radius 3 is 1.78 bits per heavy atom. The first-order valence-electron chi connectivity index (χ1n) is 7.25. The van der Waals surface area contributed by atoms with Gasteiger partial charge in [0.2, 0.25) is 0 Å². The number of aromatic nitrogens is 6. The van der Waals surface area contributed by atoms with Crippen molar-refractivity contribution in [3.05, 3.63) is 60.4 Å². The lowest BCUT2D eigenvalue weighted by molar-refractivity contribution is 0.929. The van der Waals surface area contributed by atoms with Crippen molar-refractivity contribution in [3.8, 4) is 33.6 Å². The molecule has 0 aliphatic carbocycles. The molecule has 0 radical (unpaired) electrons. The van der Waals surface area contributed by atoms with Crippen LogP contribution >= 0.6 is 0 Å². The zero-order valence-corrected chi connectivity index (χ0v) is 12.5. The smallest absolute Gasteiger partial charge is 0.115 e. The molecule has 4 rings (SSSR count). The zero-order chi connectivity index (χ0) is 15.6. The van der Waals surface area contributed by atoms with E-state index in [4.69, 9.17) is 0 Å². The normalized spacial score (nSPS) is 10.8. The lowest BCUT2D eigenvalue weighted by Crippen LogP contribution is -1.84. The van der Waals surface area contributed by atoms with E-state index in [1.165, 1.54) is 0 Å². The molecule has 23 heavy (non-hydrogen) atoms. The van der Waals surface area contributed by atoms with Gasteiger partial charge in [0.15, 0.2) is 0 Å². The summed E-state index contributed by atoms with van der Waals surface area (Å²) in [5.74, 6) is 0. The number of benzene rings is 2. The van der Waals surface area contributed by atoms with Crippen LogP contribution in [0.15, 0.2) is 54.7 Å². The van der Waals surface area contributed by atoms with E-state index in [9.17, 15) is 0 Å². The Morgan fingerprint density at radius 2 is 1.26 bits per heavy atom. The molecular formula is C17H14N6. The Morgan fingerprint density at radius 1 is 0.652 bits per heavy atom. The van der Waals surface area contributed by atoms with Crippen molar-refractivity contribution < 1.29 is 0 Å². The number of hydrogen-bond donors (Lipinski definition) is 2. The second-order valence-corrected chi connectivity index (χ2v) is 5.27. The first-order valence-corrected chi connectivity index (χ1v) is 7.25. The summed E-state index contributed by atoms with van der Waals surface area (Å²) in [5, 5.41) is 21.4. The van der Waals surface area contributed by atoms with Gasteiger partial charge in [-0.15, -0.1) is 0 Å². The third kappa shape index (κ3) is 2.50. The molecule has 0 bridgehead atoms. The molecule has 0 amide bonds. The molecule has 0 unspecified atom stereocenters. The van der Waals surface area contributed by atoms with Gasteiger partial charge in [-0.3, -0.25) is 0 Å². The van der Waals surface area contributed by atoms with Crippen molar-refractivity contribution >= 4 is 0 Å². The summed E-state index contributed by atoms with van der Waals surface area (Å²) in [5.41, 5.74) is 7.03. The van der Waals surface area contributed by atoms with Crippen LogP contribution in [0.3, 0.4) is 0 Å². The summed E-state index contributed by atoms with van der Waals surface area (Å²) in [6, 6.07) is 16.6. The van der Waals surface area contributed by atoms with E-state index >= 15 is 0 Å². The van der Waals surface area contributed by atoms with Crippen molar-refractivity contribution in [1.82, 2.24) is 30.8 Å². The second-order valence-electron chi connectivity index (χ2n) is 5.27. The molecule has 0 saturated heterocycles. The average molecular weight is 302 g/mol. The standard InChI is InChI=1S/C17H14N6/c1-11-17(21-23-19-11)15-8-4-13(5-9-15)12-2-6-14(7-3-12)16-10-18-22-20-16/h2-10H,1H3,(H,18,20,22)(H,19,21,23). The molecular weight excluding hydrogens is 288 g/mol. The average Bonchev–Trinajstić information content (AvgIpc) is 3.27. The van der Waals surface area contributed by atoms with E-state index in [-0.39, 0.29) is 0 Å². The molecule has 6 heteroatoms. The fourth-order valence-electron chi connectivity index (χ4n) is 2.55. The predicted octanol–water partition coefficient (Wildman–Crippen LogP) is 3.23. The fraction of sp³-hybridized carbons (Fsp3) is 0.0588. The molecule has 2 heterocycles. The van der Waals surface area contributed by atoms with Crippen LogP contribution in [0.25, 0.3) is 33.6 Å². The molecule has 2 N–H and O–H groups in total. The molecule has 0 atom stereocenters. The van der Waals surface area contributed by atoms with Gasteiger partial charge in [0.1, 0.15) is 11.4 Å². The van der Waals surface area contributed by atoms with E-state index in [1.807, 2.05) is 19.1 Å². The lowest BCUT2D eigenvalue weighted by Gasteiger charge is -2.04. The monoisotopic (exact) mass is 302 g/mol. The van der Waals surface area contributed by atoms with Crippen LogP contribution in [0.5, 0.6) is 0 Å². The van der Waals surface area contributed by atoms with Crippen molar-refractivity contribution in [1.29, 1.82) is 0 Å². The molecule has 112 valence electrons. The molecule has 0 aliphatic rings. The fourth-order valence-corrected chi connectivity index (χ4v) is 2.55. The molecule has 0 fully saturated rings. The number of hydrogen-bond acceptors (Lipinski definition) is 4. The van der Waals surface area contributed by atoms with Gasteiger partial charge in [0, 0.05) is 11.1 Å². The summed E-state index contributed by atoms with van der Waals surface area (Å²) < 4.78 is 0. The van der Waals surface area contributed by atoms with Crippen LogP contribution < -0.4 is 0 Å². The second kappa shape index (κ2) is 5.49. The van der Waals surface area contributed by atoms with E-state index in [0.717, 1.165) is 39.3 Å². The maximum atomic E-state index is 4.18. The number of aromatic amines is 2. The molecule has 2 aromatic heterocycles. The highest BCUT2D eigenvalue weighted by molar-refractivity contribution is 5.71. The lowest BCUT2D eigenvalue weighted by atomic mass is 10.0. The quantitative estimate of drug-likeness (QED) is 0.608. The predicted molar refractivity (Wildman–Crippen MR) is 87.4 cm³/mol. The van der Waals surface area contributed by atoms with Gasteiger partial charge in [-0.25, -0.2) is 0 Å². The Hall–Kier alpha value is -3.28. The summed E-state index contributed by atoms with van der Waals surface area (Å²) in [6.07, 6.45) is 1.71. The SMILES string of the molecule is Cc1n[nH]nc1-c1ccc(-c2ccc(-c3cn[nH]n3)cc2)cc1. The number of nitrogens with zero attached hydrogens (tertiary/aromatic N) is 4. The highest BCUT2D eigenvalue weighted by atomic mass is 15.3. The van der Waals surface area contributed by atoms with Crippen LogP contribution in [0, 0.1) is 6.92 Å². The van der Waals surface area contributed by atoms with Crippen molar-refractivity contribution in [2.75, 3.05) is 0 Å². The van der Waals surface area contributed by atoms with E-state index in [0.29, 0.717) is 0 Å². The number of H-pyrrole nitrogens is 2. The van der Waals surface area contributed by atoms with Crippen LogP contribution in [-0.2, 0) is 0 Å². The van der Waals surface area contributed by atoms with Crippen LogP contribution in [0.4, 0.5) is 0 Å². The van der Waals surface area contributed by atoms with E-state index in [2.05, 4.69) is 67.2 Å². The molecule has 0 aliphatic heterocycles. The third-order valence-corrected chi connectivity index (χ3v) is 3.81. The maximum Gasteiger partial charge on any atom is 0.115 e. The first-order chi connectivity index (χ1) is 11.3. The molecule has 0 saturated carbocycles. The Bertz CT molecular complexity index is 905. The van der Waals surface area contributed by atoms with Gasteiger partial charge < -0.3 is 0 Å². The topological polar surface area (TPSA) is 83.1 Å². The summed E-state index contributed by atoms with van der Waals surface area (Å²) >= 11 is 0. The zero-order valence-electron chi connectivity index (χ0n) is 12.5. The number of nitrogens with one attached hydrogen (secondary N) is 2. The van der Waals surface area contributed by atoms with Crippen molar-refractivity contribution in [2.45, 2.75) is 6.92 Å². The van der Waals surface area contributed by atoms with Crippen molar-refractivity contribution in [3.63, 3.8) is 0 Å². The number of aryl methyl sites for hydroxylation is 1. The van der Waals surface area contributed by atoms with Gasteiger partial charge in [-0.2, -0.15) is 30.8 Å². The van der Waals surface area contributed by atoms with Gasteiger partial charge in [0.05, 0.1) is 11.9 Å². The van der Waals surface area contributed by atoms with Gasteiger partial charge in [0.25, 0.3) is 0 Å². The van der Waals surface area contributed by atoms with Gasteiger partial charge in [-0.1, -0.05) is 48.5 Å². The number of rotatable bonds is 3. The molecule has 4 aromatic rings. The Labute approximate surface area is 132 Å². The summed E-state index contributed by atoms with van der Waals surface area (Å²) in [6.45, 7) is 1.94. The highest BCUT2D eigenvalue weighted by Crippen LogP contribution is 2.26. The van der Waals surface area contributed by atoms with Gasteiger partial charge in [-0.05, 0) is 18.1 Å². The maximum absolute atomic E-state index is 4.18. The van der Waals surface area contributed by atoms with Crippen molar-refractivity contribution in [2.24, 2.45) is 0 Å². The Kier molecular flexibility index (Phi) is 3.20. The van der Waals surface area contributed by atoms with Gasteiger partial charge >= 0.3 is 0 Å². The largest absolute Gasteiger partial charge is 0.197 e. The molecule has 6 nitrogen and oxygen atoms in total. The van der Waals surface area contributed by atoms with Crippen LogP contribution in [-0.4, -0.2) is 30.8 Å². The van der Waals surface area contributed by atoms with Crippen LogP contribution in [0.1, 0.15) is 5.69 Å². The Balaban J connectivity index is 1.62. The first kappa shape index (κ1) is 13.4. The highest BCUT2D eigenvalue weighted by Gasteiger charge is 2.07. The summed E-state index contributed by atoms with van der Waals surface area (Å²) in [4.78, 5) is 0. The third-order valence-electron chi connectivity index (χ3n) is 3.81. The minimum Gasteiger partial charge on any atom is -0.197 e. The van der Waals surface area contributed by atoms with Crippen LogP contribution in [0.2, 0.25) is 0 Å². The minimum absolute atomic E-state index is 0.841.